The van der Waals surface area contributed by atoms with Gasteiger partial charge in [-0.15, -0.1) is 0 Å². The Labute approximate surface area is 193 Å². The van der Waals surface area contributed by atoms with E-state index in [1.165, 1.54) is 30.3 Å². The van der Waals surface area contributed by atoms with Crippen LogP contribution < -0.4 is 5.56 Å². The van der Waals surface area contributed by atoms with Gasteiger partial charge in [-0.25, -0.2) is 4.98 Å². The van der Waals surface area contributed by atoms with Crippen LogP contribution in [0.15, 0.2) is 70.6 Å². The Morgan fingerprint density at radius 1 is 1.12 bits per heavy atom. The van der Waals surface area contributed by atoms with Crippen LogP contribution in [-0.2, 0) is 6.18 Å². The molecular weight excluding hydrogens is 477 g/mol. The van der Waals surface area contributed by atoms with Gasteiger partial charge in [-0.3, -0.25) is 14.9 Å². The topological polar surface area (TPSA) is 111 Å². The number of halogens is 4. The molecule has 0 fully saturated rings. The lowest BCUT2D eigenvalue weighted by Gasteiger charge is -2.12. The molecule has 0 saturated carbocycles. The lowest BCUT2D eigenvalue weighted by atomic mass is 10.1. The highest BCUT2D eigenvalue weighted by molar-refractivity contribution is 6.32. The number of rotatable bonds is 4. The fraction of sp³-hybridized carbons (Fsp3) is 0.0455. The van der Waals surface area contributed by atoms with E-state index in [4.69, 9.17) is 11.6 Å². The van der Waals surface area contributed by atoms with Gasteiger partial charge in [0.25, 0.3) is 5.56 Å². The molecule has 0 atom stereocenters. The Balaban J connectivity index is 1.94. The van der Waals surface area contributed by atoms with E-state index >= 15 is 0 Å². The molecule has 0 unspecified atom stereocenters. The third-order valence-electron chi connectivity index (χ3n) is 4.79. The van der Waals surface area contributed by atoms with Crippen LogP contribution in [-0.4, -0.2) is 25.9 Å². The number of fused-ring (bicyclic) bond motifs is 1. The van der Waals surface area contributed by atoms with E-state index in [0.717, 1.165) is 29.1 Å². The molecule has 0 aliphatic carbocycles. The zero-order valence-corrected chi connectivity index (χ0v) is 17.6. The first-order valence-corrected chi connectivity index (χ1v) is 9.85. The largest absolute Gasteiger partial charge is 0.501 e. The predicted octanol–water partition coefficient (Wildman–Crippen LogP) is 5.23. The number of hydrogen-bond donors (Lipinski definition) is 1. The molecule has 0 saturated heterocycles. The molecule has 172 valence electrons. The second-order valence-corrected chi connectivity index (χ2v) is 7.43. The average molecular weight is 489 g/mol. The van der Waals surface area contributed by atoms with Gasteiger partial charge < -0.3 is 5.11 Å². The van der Waals surface area contributed by atoms with Crippen LogP contribution in [0.3, 0.4) is 0 Å². The zero-order chi connectivity index (χ0) is 24.6. The van der Waals surface area contributed by atoms with Crippen LogP contribution in [0, 0.1) is 10.1 Å². The van der Waals surface area contributed by atoms with Gasteiger partial charge >= 0.3 is 11.9 Å². The van der Waals surface area contributed by atoms with Crippen molar-refractivity contribution < 1.29 is 23.2 Å². The van der Waals surface area contributed by atoms with E-state index in [2.05, 4.69) is 10.1 Å². The maximum Gasteiger partial charge on any atom is 0.416 e. The standard InChI is InChI=1S/C22H12ClF3N4O4/c23-16-8-12(9-18(19(16)31)30(33)34)11-27-29-20(13-4-3-5-14(10-13)22(24,25)26)28-17-7-2-1-6-15(17)21(29)32/h1-11,31H. The maximum absolute atomic E-state index is 13.3. The molecule has 4 rings (SSSR count). The van der Waals surface area contributed by atoms with E-state index in [0.29, 0.717) is 0 Å². The van der Waals surface area contributed by atoms with Crippen molar-refractivity contribution in [1.29, 1.82) is 0 Å². The van der Waals surface area contributed by atoms with E-state index in [-0.39, 0.29) is 32.9 Å². The van der Waals surface area contributed by atoms with Crippen molar-refractivity contribution in [3.8, 4) is 17.1 Å². The minimum absolute atomic E-state index is 0.0236. The Kier molecular flexibility index (Phi) is 5.80. The minimum atomic E-state index is -4.62. The van der Waals surface area contributed by atoms with Gasteiger partial charge in [0.2, 0.25) is 5.75 Å². The Morgan fingerprint density at radius 2 is 1.85 bits per heavy atom. The summed E-state index contributed by atoms with van der Waals surface area (Å²) < 4.78 is 40.6. The van der Waals surface area contributed by atoms with Gasteiger partial charge in [-0.05, 0) is 30.3 Å². The first kappa shape index (κ1) is 22.9. The summed E-state index contributed by atoms with van der Waals surface area (Å²) >= 11 is 5.84. The Hall–Kier alpha value is -4.25. The summed E-state index contributed by atoms with van der Waals surface area (Å²) in [5.41, 5.74) is -2.02. The van der Waals surface area contributed by atoms with Gasteiger partial charge in [-0.2, -0.15) is 22.9 Å². The second kappa shape index (κ2) is 8.60. The van der Waals surface area contributed by atoms with Crippen LogP contribution in [0.5, 0.6) is 5.75 Å². The van der Waals surface area contributed by atoms with E-state index in [1.807, 2.05) is 0 Å². The molecule has 1 aromatic heterocycles. The number of phenolic OH excluding ortho intramolecular Hbond substituents is 1. The molecule has 4 aromatic rings. The number of para-hydroxylation sites is 1. The predicted molar refractivity (Wildman–Crippen MR) is 119 cm³/mol. The van der Waals surface area contributed by atoms with Crippen molar-refractivity contribution in [2.75, 3.05) is 0 Å². The van der Waals surface area contributed by atoms with Crippen LogP contribution in [0.2, 0.25) is 5.02 Å². The first-order valence-electron chi connectivity index (χ1n) is 9.47. The molecule has 1 heterocycles. The Morgan fingerprint density at radius 3 is 2.56 bits per heavy atom. The number of nitro benzene ring substituents is 1. The fourth-order valence-electron chi connectivity index (χ4n) is 3.20. The van der Waals surface area contributed by atoms with Crippen molar-refractivity contribution in [3.63, 3.8) is 0 Å². The summed E-state index contributed by atoms with van der Waals surface area (Å²) in [7, 11) is 0. The van der Waals surface area contributed by atoms with Crippen molar-refractivity contribution in [1.82, 2.24) is 9.66 Å². The lowest BCUT2D eigenvalue weighted by Crippen LogP contribution is -2.20. The highest BCUT2D eigenvalue weighted by atomic mass is 35.5. The molecule has 1 N–H and O–H groups in total. The first-order chi connectivity index (χ1) is 16.1. The number of phenols is 1. The van der Waals surface area contributed by atoms with E-state index in [1.54, 1.807) is 12.1 Å². The molecule has 0 radical (unpaired) electrons. The molecule has 34 heavy (non-hydrogen) atoms. The lowest BCUT2D eigenvalue weighted by molar-refractivity contribution is -0.385. The van der Waals surface area contributed by atoms with Gasteiger partial charge in [-0.1, -0.05) is 35.9 Å². The van der Waals surface area contributed by atoms with Crippen molar-refractivity contribution in [2.45, 2.75) is 6.18 Å². The van der Waals surface area contributed by atoms with E-state index in [9.17, 15) is 33.2 Å². The summed E-state index contributed by atoms with van der Waals surface area (Å²) in [4.78, 5) is 27.7. The maximum atomic E-state index is 13.3. The SMILES string of the molecule is O=c1c2ccccc2nc(-c2cccc(C(F)(F)F)c2)n1N=Cc1cc(Cl)c(O)c([N+](=O)[O-])c1. The van der Waals surface area contributed by atoms with Crippen LogP contribution in [0.4, 0.5) is 18.9 Å². The molecule has 0 amide bonds. The fourth-order valence-corrected chi connectivity index (χ4v) is 3.42. The van der Waals surface area contributed by atoms with Gasteiger partial charge in [0.1, 0.15) is 0 Å². The quantitative estimate of drug-likeness (QED) is 0.240. The highest BCUT2D eigenvalue weighted by Crippen LogP contribution is 2.34. The molecule has 0 aliphatic heterocycles. The monoisotopic (exact) mass is 488 g/mol. The average Bonchev–Trinajstić information content (AvgIpc) is 2.79. The second-order valence-electron chi connectivity index (χ2n) is 7.02. The zero-order valence-electron chi connectivity index (χ0n) is 16.8. The molecule has 0 spiro atoms. The highest BCUT2D eigenvalue weighted by Gasteiger charge is 2.31. The third-order valence-corrected chi connectivity index (χ3v) is 5.07. The van der Waals surface area contributed by atoms with Gasteiger partial charge in [0, 0.05) is 17.2 Å². The molecule has 0 aliphatic rings. The normalized spacial score (nSPS) is 11.9. The number of aromatic hydroxyl groups is 1. The van der Waals surface area contributed by atoms with Crippen LogP contribution in [0.1, 0.15) is 11.1 Å². The molecule has 3 aromatic carbocycles. The smallest absolute Gasteiger partial charge is 0.416 e. The van der Waals surface area contributed by atoms with Crippen LogP contribution >= 0.6 is 11.6 Å². The number of nitro groups is 1. The van der Waals surface area contributed by atoms with Gasteiger partial charge in [0.15, 0.2) is 5.82 Å². The number of aromatic nitrogens is 2. The number of nitrogens with zero attached hydrogens (tertiary/aromatic N) is 4. The summed E-state index contributed by atoms with van der Waals surface area (Å²) in [6.07, 6.45) is -3.57. The minimum Gasteiger partial charge on any atom is -0.501 e. The van der Waals surface area contributed by atoms with Crippen molar-refractivity contribution in [2.24, 2.45) is 5.10 Å². The summed E-state index contributed by atoms with van der Waals surface area (Å²) in [6.45, 7) is 0. The van der Waals surface area contributed by atoms with Gasteiger partial charge in [0.05, 0.1) is 32.6 Å². The van der Waals surface area contributed by atoms with Crippen molar-refractivity contribution >= 4 is 34.4 Å². The van der Waals surface area contributed by atoms with Crippen LogP contribution in [0.25, 0.3) is 22.3 Å². The molecule has 8 nitrogen and oxygen atoms in total. The summed E-state index contributed by atoms with van der Waals surface area (Å²) in [5, 5.41) is 24.8. The van der Waals surface area contributed by atoms with Crippen molar-refractivity contribution in [3.05, 3.63) is 97.3 Å². The molecule has 0 bridgehead atoms. The third kappa shape index (κ3) is 4.33. The Bertz CT molecular complexity index is 1530. The number of alkyl halides is 3. The van der Waals surface area contributed by atoms with E-state index < -0.39 is 33.7 Å². The summed E-state index contributed by atoms with van der Waals surface area (Å²) in [5.74, 6) is -0.913. The molecular formula is C22H12ClF3N4O4. The molecule has 12 heteroatoms. The number of hydrogen-bond acceptors (Lipinski definition) is 6. The number of benzene rings is 3. The summed E-state index contributed by atoms with van der Waals surface area (Å²) in [6, 6.07) is 12.6.